The Bertz CT molecular complexity index is 696. The molecule has 23 heavy (non-hydrogen) atoms. The van der Waals surface area contributed by atoms with Gasteiger partial charge in [0, 0.05) is 6.42 Å². The number of carboxylic acid groups (broad SMARTS) is 1. The van der Waals surface area contributed by atoms with E-state index in [4.69, 9.17) is 5.11 Å². The van der Waals surface area contributed by atoms with Gasteiger partial charge in [-0.25, -0.2) is 4.79 Å². The predicted molar refractivity (Wildman–Crippen MR) is 88.1 cm³/mol. The molecule has 0 aromatic heterocycles. The van der Waals surface area contributed by atoms with Gasteiger partial charge in [-0.1, -0.05) is 42.5 Å². The van der Waals surface area contributed by atoms with Crippen LogP contribution < -0.4 is 5.32 Å². The van der Waals surface area contributed by atoms with Gasteiger partial charge < -0.3 is 15.5 Å². The number of rotatable bonds is 7. The van der Waals surface area contributed by atoms with Gasteiger partial charge >= 0.3 is 5.97 Å². The summed E-state index contributed by atoms with van der Waals surface area (Å²) >= 11 is 0. The fourth-order valence-electron chi connectivity index (χ4n) is 2.48. The zero-order valence-corrected chi connectivity index (χ0v) is 13.0. The van der Waals surface area contributed by atoms with E-state index in [0.29, 0.717) is 6.42 Å². The fourth-order valence-corrected chi connectivity index (χ4v) is 2.48. The first kappa shape index (κ1) is 17.0. The Labute approximate surface area is 134 Å². The summed E-state index contributed by atoms with van der Waals surface area (Å²) in [5, 5.41) is 22.9. The van der Waals surface area contributed by atoms with Crippen LogP contribution in [-0.2, 0) is 16.0 Å². The smallest absolute Gasteiger partial charge is 0.328 e. The quantitative estimate of drug-likeness (QED) is 0.730. The second kappa shape index (κ2) is 7.74. The van der Waals surface area contributed by atoms with Gasteiger partial charge in [0.05, 0.1) is 6.10 Å². The molecule has 0 saturated heterocycles. The van der Waals surface area contributed by atoms with Crippen molar-refractivity contribution >= 4 is 22.6 Å². The first-order valence-electron chi connectivity index (χ1n) is 7.65. The largest absolute Gasteiger partial charge is 0.480 e. The second-order valence-electron chi connectivity index (χ2n) is 5.66. The van der Waals surface area contributed by atoms with Crippen LogP contribution in [0.3, 0.4) is 0 Å². The Morgan fingerprint density at radius 1 is 1.13 bits per heavy atom. The van der Waals surface area contributed by atoms with Gasteiger partial charge in [0.2, 0.25) is 5.91 Å². The van der Waals surface area contributed by atoms with E-state index in [1.807, 2.05) is 24.3 Å². The number of aryl methyl sites for hydroxylation is 1. The van der Waals surface area contributed by atoms with E-state index >= 15 is 0 Å². The number of nitrogens with one attached hydrogen (secondary N) is 1. The number of aliphatic hydroxyl groups is 1. The molecule has 2 rings (SSSR count). The number of hydrogen-bond donors (Lipinski definition) is 3. The van der Waals surface area contributed by atoms with Crippen molar-refractivity contribution in [1.82, 2.24) is 5.32 Å². The molecule has 0 radical (unpaired) electrons. The average Bonchev–Trinajstić information content (AvgIpc) is 2.52. The van der Waals surface area contributed by atoms with Crippen LogP contribution in [0, 0.1) is 0 Å². The molecule has 0 bridgehead atoms. The molecule has 2 atom stereocenters. The third-order valence-electron chi connectivity index (χ3n) is 3.75. The summed E-state index contributed by atoms with van der Waals surface area (Å²) in [4.78, 5) is 22.7. The van der Waals surface area contributed by atoms with Gasteiger partial charge in [-0.15, -0.1) is 0 Å². The molecule has 0 aliphatic carbocycles. The highest BCUT2D eigenvalue weighted by Gasteiger charge is 2.24. The predicted octanol–water partition coefficient (Wildman–Crippen LogP) is 2.11. The zero-order valence-electron chi connectivity index (χ0n) is 13.0. The van der Waals surface area contributed by atoms with E-state index < -0.39 is 18.1 Å². The topological polar surface area (TPSA) is 86.6 Å². The highest BCUT2D eigenvalue weighted by Crippen LogP contribution is 2.17. The number of hydrogen-bond acceptors (Lipinski definition) is 3. The van der Waals surface area contributed by atoms with Crippen molar-refractivity contribution in [1.29, 1.82) is 0 Å². The van der Waals surface area contributed by atoms with Gasteiger partial charge in [0.1, 0.15) is 0 Å². The maximum Gasteiger partial charge on any atom is 0.328 e. The summed E-state index contributed by atoms with van der Waals surface area (Å²) in [6, 6.07) is 13.0. The standard InChI is InChI=1S/C18H21NO4/c1-12(20)17(18(22)23)19-16(21)8-4-5-13-9-10-14-6-2-3-7-15(14)11-13/h2-3,6-7,9-12,17,20H,4-5,8H2,1H3,(H,19,21)(H,22,23). The Morgan fingerprint density at radius 2 is 1.83 bits per heavy atom. The number of fused-ring (bicyclic) bond motifs is 1. The Hall–Kier alpha value is -2.40. The lowest BCUT2D eigenvalue weighted by Gasteiger charge is -2.16. The van der Waals surface area contributed by atoms with E-state index in [2.05, 4.69) is 23.5 Å². The molecule has 2 unspecified atom stereocenters. The van der Waals surface area contributed by atoms with Crippen molar-refractivity contribution < 1.29 is 19.8 Å². The number of carboxylic acids is 1. The van der Waals surface area contributed by atoms with Gasteiger partial charge in [-0.05, 0) is 36.1 Å². The van der Waals surface area contributed by atoms with Crippen LogP contribution in [0.1, 0.15) is 25.3 Å². The number of amides is 1. The normalized spacial score (nSPS) is 13.5. The molecule has 122 valence electrons. The molecule has 2 aromatic rings. The second-order valence-corrected chi connectivity index (χ2v) is 5.66. The average molecular weight is 315 g/mol. The van der Waals surface area contributed by atoms with Crippen LogP contribution >= 0.6 is 0 Å². The van der Waals surface area contributed by atoms with Crippen molar-refractivity contribution in [2.75, 3.05) is 0 Å². The van der Waals surface area contributed by atoms with Crippen molar-refractivity contribution in [3.63, 3.8) is 0 Å². The maximum atomic E-state index is 11.8. The van der Waals surface area contributed by atoms with Gasteiger partial charge in [-0.2, -0.15) is 0 Å². The number of carbonyl (C=O) groups is 2. The van der Waals surface area contributed by atoms with Gasteiger partial charge in [0.15, 0.2) is 6.04 Å². The summed E-state index contributed by atoms with van der Waals surface area (Å²) < 4.78 is 0. The van der Waals surface area contributed by atoms with E-state index in [1.54, 1.807) is 0 Å². The Kier molecular flexibility index (Phi) is 5.71. The van der Waals surface area contributed by atoms with Crippen LogP contribution in [0.25, 0.3) is 10.8 Å². The summed E-state index contributed by atoms with van der Waals surface area (Å²) in [7, 11) is 0. The maximum absolute atomic E-state index is 11.8. The van der Waals surface area contributed by atoms with Gasteiger partial charge in [-0.3, -0.25) is 4.79 Å². The molecule has 5 nitrogen and oxygen atoms in total. The first-order chi connectivity index (χ1) is 11.0. The molecule has 0 heterocycles. The fraction of sp³-hybridized carbons (Fsp3) is 0.333. The van der Waals surface area contributed by atoms with Crippen LogP contribution in [0.15, 0.2) is 42.5 Å². The molecule has 0 spiro atoms. The number of carbonyl (C=O) groups excluding carboxylic acids is 1. The van der Waals surface area contributed by atoms with Crippen molar-refractivity contribution in [2.45, 2.75) is 38.3 Å². The third kappa shape index (κ3) is 4.79. The molecule has 1 amide bonds. The lowest BCUT2D eigenvalue weighted by atomic mass is 10.0. The highest BCUT2D eigenvalue weighted by atomic mass is 16.4. The van der Waals surface area contributed by atoms with Crippen LogP contribution in [0.4, 0.5) is 0 Å². The Balaban J connectivity index is 1.85. The van der Waals surface area contributed by atoms with Crippen LogP contribution in [0.2, 0.25) is 0 Å². The molecular weight excluding hydrogens is 294 g/mol. The number of benzene rings is 2. The summed E-state index contributed by atoms with van der Waals surface area (Å²) in [5.74, 6) is -1.60. The van der Waals surface area contributed by atoms with E-state index in [1.165, 1.54) is 12.3 Å². The van der Waals surface area contributed by atoms with Crippen molar-refractivity contribution in [2.24, 2.45) is 0 Å². The number of aliphatic carboxylic acids is 1. The van der Waals surface area contributed by atoms with E-state index in [0.717, 1.165) is 17.4 Å². The van der Waals surface area contributed by atoms with Crippen LogP contribution in [0.5, 0.6) is 0 Å². The molecule has 0 aliphatic rings. The zero-order chi connectivity index (χ0) is 16.8. The molecule has 0 saturated carbocycles. The minimum absolute atomic E-state index is 0.226. The minimum Gasteiger partial charge on any atom is -0.480 e. The highest BCUT2D eigenvalue weighted by molar-refractivity contribution is 5.84. The Morgan fingerprint density at radius 3 is 2.48 bits per heavy atom. The van der Waals surface area contributed by atoms with Crippen LogP contribution in [-0.4, -0.2) is 34.2 Å². The molecule has 5 heteroatoms. The summed E-state index contributed by atoms with van der Waals surface area (Å²) in [6.07, 6.45) is 0.460. The molecule has 3 N–H and O–H groups in total. The molecule has 0 fully saturated rings. The summed E-state index contributed by atoms with van der Waals surface area (Å²) in [5.41, 5.74) is 1.14. The third-order valence-corrected chi connectivity index (χ3v) is 3.75. The van der Waals surface area contributed by atoms with Crippen molar-refractivity contribution in [3.8, 4) is 0 Å². The molecular formula is C18H21NO4. The number of aliphatic hydroxyl groups excluding tert-OH is 1. The lowest BCUT2D eigenvalue weighted by molar-refractivity contribution is -0.144. The first-order valence-corrected chi connectivity index (χ1v) is 7.65. The lowest BCUT2D eigenvalue weighted by Crippen LogP contribution is -2.47. The summed E-state index contributed by atoms with van der Waals surface area (Å²) in [6.45, 7) is 1.34. The van der Waals surface area contributed by atoms with E-state index in [9.17, 15) is 14.7 Å². The molecule has 2 aromatic carbocycles. The SMILES string of the molecule is CC(O)C(NC(=O)CCCc1ccc2ccccc2c1)C(=O)O. The molecule has 0 aliphatic heterocycles. The van der Waals surface area contributed by atoms with Gasteiger partial charge in [0.25, 0.3) is 0 Å². The van der Waals surface area contributed by atoms with E-state index in [-0.39, 0.29) is 12.3 Å². The monoisotopic (exact) mass is 315 g/mol. The minimum atomic E-state index is -1.26. The van der Waals surface area contributed by atoms with Crippen molar-refractivity contribution in [3.05, 3.63) is 48.0 Å².